The molecule has 1 saturated heterocycles. The number of carbonyl (C=O) groups excluding carboxylic acids is 4. The second kappa shape index (κ2) is 8.79. The Hall–Kier alpha value is -2.12. The molecule has 0 spiro atoms. The zero-order valence-corrected chi connectivity index (χ0v) is 18.7. The van der Waals surface area contributed by atoms with Crippen molar-refractivity contribution in [2.45, 2.75) is 64.0 Å². The molecular weight excluding hydrogens is 396 g/mol. The molecule has 0 radical (unpaired) electrons. The van der Waals surface area contributed by atoms with Crippen LogP contribution in [0, 0.1) is 23.7 Å². The number of rotatable bonds is 12. The zero-order valence-electron chi connectivity index (χ0n) is 18.7. The SMILES string of the molecule is C=CC(C)(O)C(=O)CCCCCNC(C)(C)C(=O)CN1C(=O)C2C3C=CC(C3)C2C1=O. The summed E-state index contributed by atoms with van der Waals surface area (Å²) in [5.74, 6) is -1.12. The highest BCUT2D eigenvalue weighted by Gasteiger charge is 2.59. The Morgan fingerprint density at radius 3 is 2.23 bits per heavy atom. The molecule has 0 aromatic carbocycles. The van der Waals surface area contributed by atoms with Crippen molar-refractivity contribution < 1.29 is 24.3 Å². The Morgan fingerprint density at radius 1 is 1.10 bits per heavy atom. The fourth-order valence-corrected chi connectivity index (χ4v) is 4.91. The van der Waals surface area contributed by atoms with Crippen LogP contribution < -0.4 is 5.32 Å². The van der Waals surface area contributed by atoms with Gasteiger partial charge < -0.3 is 10.4 Å². The highest BCUT2D eigenvalue weighted by molar-refractivity contribution is 6.09. The monoisotopic (exact) mass is 430 g/mol. The number of nitrogens with one attached hydrogen (secondary N) is 1. The fourth-order valence-electron chi connectivity index (χ4n) is 4.91. The van der Waals surface area contributed by atoms with E-state index in [4.69, 9.17) is 0 Å². The predicted molar refractivity (Wildman–Crippen MR) is 116 cm³/mol. The number of fused-ring (bicyclic) bond motifs is 5. The molecule has 7 nitrogen and oxygen atoms in total. The second-order valence-electron chi connectivity index (χ2n) is 9.82. The van der Waals surface area contributed by atoms with Crippen molar-refractivity contribution >= 4 is 23.4 Å². The standard InChI is InChI=1S/C24H34N2O5/c1-5-24(4,31)17(27)9-7-6-8-12-25-23(2,3)18(28)14-26-21(29)19-15-10-11-16(13-15)20(19)22(26)30/h5,10-11,15-16,19-20,25,31H,1,6-9,12-14H2,2-4H3. The van der Waals surface area contributed by atoms with Crippen molar-refractivity contribution in [3.8, 4) is 0 Å². The average Bonchev–Trinajstić information content (AvgIpc) is 3.40. The normalized spacial score (nSPS) is 28.7. The van der Waals surface area contributed by atoms with Crippen molar-refractivity contribution in [2.24, 2.45) is 23.7 Å². The van der Waals surface area contributed by atoms with Gasteiger partial charge in [0, 0.05) is 6.42 Å². The quantitative estimate of drug-likeness (QED) is 0.278. The summed E-state index contributed by atoms with van der Waals surface area (Å²) in [5, 5.41) is 13.0. The molecule has 3 aliphatic rings. The third kappa shape index (κ3) is 4.58. The number of nitrogens with zero attached hydrogens (tertiary/aromatic N) is 1. The summed E-state index contributed by atoms with van der Waals surface area (Å²) in [5.41, 5.74) is -2.34. The molecule has 2 N–H and O–H groups in total. The number of carbonyl (C=O) groups is 4. The van der Waals surface area contributed by atoms with Gasteiger partial charge in [0.05, 0.1) is 23.9 Å². The van der Waals surface area contributed by atoms with E-state index in [-0.39, 0.29) is 60.0 Å². The van der Waals surface area contributed by atoms with Gasteiger partial charge in [-0.3, -0.25) is 24.1 Å². The molecule has 5 atom stereocenters. The first-order valence-corrected chi connectivity index (χ1v) is 11.2. The average molecular weight is 431 g/mol. The number of amides is 2. The molecule has 2 bridgehead atoms. The maximum atomic E-state index is 12.9. The number of aliphatic hydroxyl groups is 1. The van der Waals surface area contributed by atoms with E-state index in [0.717, 1.165) is 19.3 Å². The van der Waals surface area contributed by atoms with Crippen LogP contribution in [-0.4, -0.2) is 57.6 Å². The number of ketones is 2. The molecule has 1 heterocycles. The van der Waals surface area contributed by atoms with Crippen molar-refractivity contribution in [1.29, 1.82) is 0 Å². The van der Waals surface area contributed by atoms with Crippen LogP contribution in [0.2, 0.25) is 0 Å². The lowest BCUT2D eigenvalue weighted by Gasteiger charge is -2.27. The molecule has 2 amide bonds. The van der Waals surface area contributed by atoms with E-state index < -0.39 is 11.1 Å². The van der Waals surface area contributed by atoms with Gasteiger partial charge in [0.15, 0.2) is 11.6 Å². The van der Waals surface area contributed by atoms with E-state index in [1.807, 2.05) is 12.2 Å². The van der Waals surface area contributed by atoms with Crippen LogP contribution in [-0.2, 0) is 19.2 Å². The summed E-state index contributed by atoms with van der Waals surface area (Å²) >= 11 is 0. The number of unbranched alkanes of at least 4 members (excludes halogenated alkanes) is 2. The van der Waals surface area contributed by atoms with E-state index in [1.54, 1.807) is 13.8 Å². The highest BCUT2D eigenvalue weighted by Crippen LogP contribution is 2.52. The molecule has 0 aromatic heterocycles. The molecule has 2 fully saturated rings. The lowest BCUT2D eigenvalue weighted by Crippen LogP contribution is -2.52. The van der Waals surface area contributed by atoms with Gasteiger partial charge in [-0.15, -0.1) is 0 Å². The van der Waals surface area contributed by atoms with Gasteiger partial charge in [0.1, 0.15) is 5.60 Å². The molecule has 5 unspecified atom stereocenters. The molecule has 1 saturated carbocycles. The van der Waals surface area contributed by atoms with Crippen molar-refractivity contribution in [1.82, 2.24) is 10.2 Å². The van der Waals surface area contributed by atoms with E-state index in [2.05, 4.69) is 11.9 Å². The van der Waals surface area contributed by atoms with Crippen LogP contribution >= 0.6 is 0 Å². The van der Waals surface area contributed by atoms with Gasteiger partial charge in [-0.1, -0.05) is 31.2 Å². The molecule has 31 heavy (non-hydrogen) atoms. The summed E-state index contributed by atoms with van der Waals surface area (Å²) in [6.07, 6.45) is 8.67. The van der Waals surface area contributed by atoms with Crippen LogP contribution in [0.15, 0.2) is 24.8 Å². The first kappa shape index (κ1) is 23.5. The van der Waals surface area contributed by atoms with Crippen molar-refractivity contribution in [3.05, 3.63) is 24.8 Å². The number of allylic oxidation sites excluding steroid dienone is 2. The molecule has 3 rings (SSSR count). The van der Waals surface area contributed by atoms with Crippen molar-refractivity contribution in [2.75, 3.05) is 13.1 Å². The van der Waals surface area contributed by atoms with Gasteiger partial charge >= 0.3 is 0 Å². The van der Waals surface area contributed by atoms with Crippen LogP contribution in [0.3, 0.4) is 0 Å². The molecule has 2 aliphatic carbocycles. The van der Waals surface area contributed by atoms with Crippen LogP contribution in [0.5, 0.6) is 0 Å². The van der Waals surface area contributed by atoms with E-state index in [1.165, 1.54) is 17.9 Å². The number of Topliss-reactive ketones (excluding diaryl/α,β-unsaturated/α-hetero) is 2. The van der Waals surface area contributed by atoms with Crippen molar-refractivity contribution in [3.63, 3.8) is 0 Å². The maximum absolute atomic E-state index is 12.9. The minimum atomic E-state index is -1.48. The Labute approximate surface area is 183 Å². The van der Waals surface area contributed by atoms with Crippen LogP contribution in [0.25, 0.3) is 0 Å². The minimum Gasteiger partial charge on any atom is -0.378 e. The van der Waals surface area contributed by atoms with Crippen LogP contribution in [0.1, 0.15) is 52.9 Å². The fraction of sp³-hybridized carbons (Fsp3) is 0.667. The van der Waals surface area contributed by atoms with Gasteiger partial charge in [-0.25, -0.2) is 0 Å². The summed E-state index contributed by atoms with van der Waals surface area (Å²) in [6, 6.07) is 0. The van der Waals surface area contributed by atoms with E-state index >= 15 is 0 Å². The van der Waals surface area contributed by atoms with Gasteiger partial charge in [-0.2, -0.15) is 0 Å². The second-order valence-corrected chi connectivity index (χ2v) is 9.82. The Morgan fingerprint density at radius 2 is 1.68 bits per heavy atom. The third-order valence-corrected chi connectivity index (χ3v) is 7.17. The molecule has 0 aromatic rings. The summed E-state index contributed by atoms with van der Waals surface area (Å²) in [7, 11) is 0. The first-order valence-electron chi connectivity index (χ1n) is 11.2. The van der Waals surface area contributed by atoms with Crippen LogP contribution in [0.4, 0.5) is 0 Å². The Bertz CT molecular complexity index is 783. The largest absolute Gasteiger partial charge is 0.378 e. The first-order chi connectivity index (χ1) is 14.5. The van der Waals surface area contributed by atoms with Gasteiger partial charge in [-0.05, 0) is 58.4 Å². The number of hydrogen-bond donors (Lipinski definition) is 2. The molecule has 170 valence electrons. The number of hydrogen-bond acceptors (Lipinski definition) is 6. The van der Waals surface area contributed by atoms with E-state index in [0.29, 0.717) is 13.0 Å². The predicted octanol–water partition coefficient (Wildman–Crippen LogP) is 1.80. The lowest BCUT2D eigenvalue weighted by molar-refractivity contribution is -0.145. The lowest BCUT2D eigenvalue weighted by atomic mass is 9.85. The minimum absolute atomic E-state index is 0.139. The zero-order chi connectivity index (χ0) is 23.0. The third-order valence-electron chi connectivity index (χ3n) is 7.17. The Kier molecular flexibility index (Phi) is 6.67. The smallest absolute Gasteiger partial charge is 0.234 e. The van der Waals surface area contributed by atoms with Gasteiger partial charge in [0.2, 0.25) is 11.8 Å². The van der Waals surface area contributed by atoms with E-state index in [9.17, 15) is 24.3 Å². The molecule has 1 aliphatic heterocycles. The summed E-state index contributed by atoms with van der Waals surface area (Å²) in [4.78, 5) is 51.4. The Balaban J connectivity index is 1.41. The topological polar surface area (TPSA) is 104 Å². The molecule has 7 heteroatoms. The van der Waals surface area contributed by atoms with Gasteiger partial charge in [0.25, 0.3) is 0 Å². The number of likely N-dealkylation sites (tertiary alicyclic amines) is 1. The number of imide groups is 1. The molecular formula is C24H34N2O5. The maximum Gasteiger partial charge on any atom is 0.234 e. The highest BCUT2D eigenvalue weighted by atomic mass is 16.3. The summed E-state index contributed by atoms with van der Waals surface area (Å²) in [6.45, 7) is 8.81. The summed E-state index contributed by atoms with van der Waals surface area (Å²) < 4.78 is 0.